The lowest BCUT2D eigenvalue weighted by Crippen LogP contribution is -2.52. The molecule has 27 heavy (non-hydrogen) atoms. The summed E-state index contributed by atoms with van der Waals surface area (Å²) in [4.78, 5) is 13.8. The molecule has 1 aliphatic carbocycles. The number of fused-ring (bicyclic) bond motifs is 1. The Morgan fingerprint density at radius 1 is 1.07 bits per heavy atom. The zero-order valence-electron chi connectivity index (χ0n) is 15.7. The van der Waals surface area contributed by atoms with Gasteiger partial charge < -0.3 is 10.6 Å². The number of piperazine rings is 1. The second kappa shape index (κ2) is 6.49. The van der Waals surface area contributed by atoms with Crippen LogP contribution in [-0.2, 0) is 0 Å². The molecule has 2 aliphatic rings. The maximum Gasteiger partial charge on any atom is 0.154 e. The van der Waals surface area contributed by atoms with Gasteiger partial charge in [-0.1, -0.05) is 6.42 Å². The number of pyridine rings is 1. The molecule has 0 unspecified atom stereocenters. The Labute approximate surface area is 158 Å². The Morgan fingerprint density at radius 2 is 1.89 bits per heavy atom. The third kappa shape index (κ3) is 2.92. The molecule has 0 spiro atoms. The maximum absolute atomic E-state index is 5.89. The third-order valence-electron chi connectivity index (χ3n) is 5.92. The van der Waals surface area contributed by atoms with Crippen molar-refractivity contribution in [2.75, 3.05) is 36.8 Å². The van der Waals surface area contributed by atoms with Crippen molar-refractivity contribution >= 4 is 17.3 Å². The predicted octanol–water partition coefficient (Wildman–Crippen LogP) is 2.36. The zero-order chi connectivity index (χ0) is 18.4. The molecule has 5 rings (SSSR count). The molecule has 2 fully saturated rings. The van der Waals surface area contributed by atoms with Crippen LogP contribution in [0.4, 0.5) is 11.6 Å². The third-order valence-corrected chi connectivity index (χ3v) is 5.92. The first-order valence-corrected chi connectivity index (χ1v) is 9.76. The summed E-state index contributed by atoms with van der Waals surface area (Å²) in [6.07, 6.45) is 5.87. The van der Waals surface area contributed by atoms with E-state index in [0.29, 0.717) is 5.82 Å². The first kappa shape index (κ1) is 16.5. The van der Waals surface area contributed by atoms with Crippen LogP contribution in [0.5, 0.6) is 0 Å². The highest BCUT2D eigenvalue weighted by Crippen LogP contribution is 2.28. The van der Waals surface area contributed by atoms with Crippen LogP contribution < -0.4 is 10.6 Å². The number of hydrogen-bond donors (Lipinski definition) is 1. The average molecular weight is 363 g/mol. The molecule has 0 amide bonds. The molecule has 3 aromatic heterocycles. The Morgan fingerprint density at radius 3 is 2.59 bits per heavy atom. The molecule has 3 aromatic rings. The van der Waals surface area contributed by atoms with Crippen molar-refractivity contribution in [1.82, 2.24) is 24.5 Å². The molecule has 7 nitrogen and oxygen atoms in total. The van der Waals surface area contributed by atoms with Gasteiger partial charge >= 0.3 is 0 Å². The molecule has 4 heterocycles. The van der Waals surface area contributed by atoms with Gasteiger partial charge in [-0.25, -0.2) is 14.5 Å². The summed E-state index contributed by atoms with van der Waals surface area (Å²) in [5, 5.41) is 4.93. The van der Waals surface area contributed by atoms with Crippen molar-refractivity contribution in [3.8, 4) is 11.3 Å². The number of aromatic nitrogens is 4. The van der Waals surface area contributed by atoms with Crippen molar-refractivity contribution in [2.45, 2.75) is 32.2 Å². The molecule has 2 N–H and O–H groups in total. The molecule has 0 radical (unpaired) electrons. The SMILES string of the molecule is Cc1nc2ccc(N3CCN(C4CCC4)CC3)nn2c1-c1ccnc(N)c1. The summed E-state index contributed by atoms with van der Waals surface area (Å²) in [6.45, 7) is 6.32. The Bertz CT molecular complexity index is 968. The van der Waals surface area contributed by atoms with E-state index < -0.39 is 0 Å². The summed E-state index contributed by atoms with van der Waals surface area (Å²) in [5.74, 6) is 1.52. The summed E-state index contributed by atoms with van der Waals surface area (Å²) in [5.41, 5.74) is 9.66. The summed E-state index contributed by atoms with van der Waals surface area (Å²) in [7, 11) is 0. The first-order chi connectivity index (χ1) is 13.2. The highest BCUT2D eigenvalue weighted by Gasteiger charge is 2.28. The van der Waals surface area contributed by atoms with E-state index in [9.17, 15) is 0 Å². The van der Waals surface area contributed by atoms with Crippen LogP contribution in [0.15, 0.2) is 30.5 Å². The molecule has 1 saturated heterocycles. The van der Waals surface area contributed by atoms with Gasteiger partial charge in [0.2, 0.25) is 0 Å². The standard InChI is InChI=1S/C20H25N7/c1-14-20(15-7-8-22-17(21)13-15)27-18(23-14)5-6-19(24-27)26-11-9-25(10-12-26)16-3-2-4-16/h5-8,13,16H,2-4,9-12H2,1H3,(H2,21,22). The second-order valence-electron chi connectivity index (χ2n) is 7.58. The fourth-order valence-electron chi connectivity index (χ4n) is 4.20. The van der Waals surface area contributed by atoms with Crippen molar-refractivity contribution in [3.63, 3.8) is 0 Å². The summed E-state index contributed by atoms with van der Waals surface area (Å²) < 4.78 is 1.94. The average Bonchev–Trinajstić information content (AvgIpc) is 2.96. The monoisotopic (exact) mass is 363 g/mol. The van der Waals surface area contributed by atoms with Gasteiger partial charge in [-0.2, -0.15) is 0 Å². The van der Waals surface area contributed by atoms with Gasteiger partial charge in [0.05, 0.1) is 11.4 Å². The van der Waals surface area contributed by atoms with E-state index in [1.807, 2.05) is 23.6 Å². The Kier molecular flexibility index (Phi) is 3.97. The van der Waals surface area contributed by atoms with Crippen molar-refractivity contribution in [3.05, 3.63) is 36.2 Å². The van der Waals surface area contributed by atoms with Gasteiger partial charge in [-0.05, 0) is 44.0 Å². The van der Waals surface area contributed by atoms with Crippen LogP contribution >= 0.6 is 0 Å². The number of nitrogens with zero attached hydrogens (tertiary/aromatic N) is 6. The molecular formula is C20H25N7. The molecule has 7 heteroatoms. The lowest BCUT2D eigenvalue weighted by Gasteiger charge is -2.43. The predicted molar refractivity (Wildman–Crippen MR) is 107 cm³/mol. The van der Waals surface area contributed by atoms with Crippen LogP contribution in [-0.4, -0.2) is 56.7 Å². The van der Waals surface area contributed by atoms with E-state index in [2.05, 4.69) is 31.9 Å². The summed E-state index contributed by atoms with van der Waals surface area (Å²) >= 11 is 0. The number of aryl methyl sites for hydroxylation is 1. The lowest BCUT2D eigenvalue weighted by atomic mass is 9.91. The molecule has 1 aliphatic heterocycles. The Hall–Kier alpha value is -2.67. The van der Waals surface area contributed by atoms with E-state index in [1.54, 1.807) is 6.20 Å². The first-order valence-electron chi connectivity index (χ1n) is 9.76. The highest BCUT2D eigenvalue weighted by atomic mass is 15.4. The van der Waals surface area contributed by atoms with Crippen molar-refractivity contribution in [2.24, 2.45) is 0 Å². The minimum atomic E-state index is 0.505. The number of anilines is 2. The topological polar surface area (TPSA) is 75.6 Å². The van der Waals surface area contributed by atoms with Crippen LogP contribution in [0.2, 0.25) is 0 Å². The van der Waals surface area contributed by atoms with Gasteiger partial charge in [-0.15, -0.1) is 5.10 Å². The fourth-order valence-corrected chi connectivity index (χ4v) is 4.20. The van der Waals surface area contributed by atoms with Crippen molar-refractivity contribution in [1.29, 1.82) is 0 Å². The molecule has 1 saturated carbocycles. The fraction of sp³-hybridized carbons (Fsp3) is 0.450. The molecule has 0 bridgehead atoms. The maximum atomic E-state index is 5.89. The zero-order valence-corrected chi connectivity index (χ0v) is 15.7. The smallest absolute Gasteiger partial charge is 0.154 e. The number of nitrogen functional groups attached to an aromatic ring is 1. The van der Waals surface area contributed by atoms with E-state index >= 15 is 0 Å². The quantitative estimate of drug-likeness (QED) is 0.770. The van der Waals surface area contributed by atoms with E-state index in [4.69, 9.17) is 10.8 Å². The molecule has 0 aromatic carbocycles. The molecule has 140 valence electrons. The van der Waals surface area contributed by atoms with Crippen LogP contribution in [0.25, 0.3) is 16.9 Å². The minimum Gasteiger partial charge on any atom is -0.384 e. The van der Waals surface area contributed by atoms with Crippen LogP contribution in [0.1, 0.15) is 25.0 Å². The molecule has 0 atom stereocenters. The van der Waals surface area contributed by atoms with Crippen LogP contribution in [0.3, 0.4) is 0 Å². The van der Waals surface area contributed by atoms with Gasteiger partial charge in [0.1, 0.15) is 11.6 Å². The largest absolute Gasteiger partial charge is 0.384 e. The number of nitrogens with two attached hydrogens (primary N) is 1. The number of hydrogen-bond acceptors (Lipinski definition) is 6. The molecular weight excluding hydrogens is 338 g/mol. The van der Waals surface area contributed by atoms with Crippen molar-refractivity contribution < 1.29 is 0 Å². The minimum absolute atomic E-state index is 0.505. The van der Waals surface area contributed by atoms with Gasteiger partial charge in [0, 0.05) is 44.0 Å². The van der Waals surface area contributed by atoms with Crippen LogP contribution in [0, 0.1) is 6.92 Å². The normalized spacial score (nSPS) is 18.8. The second-order valence-corrected chi connectivity index (χ2v) is 7.58. The number of rotatable bonds is 3. The number of imidazole rings is 1. The van der Waals surface area contributed by atoms with Gasteiger partial charge in [-0.3, -0.25) is 4.90 Å². The van der Waals surface area contributed by atoms with Gasteiger partial charge in [0.15, 0.2) is 5.65 Å². The summed E-state index contributed by atoms with van der Waals surface area (Å²) in [6, 6.07) is 8.80. The van der Waals surface area contributed by atoms with E-state index in [-0.39, 0.29) is 0 Å². The highest BCUT2D eigenvalue weighted by molar-refractivity contribution is 5.68. The Balaban J connectivity index is 1.45. The van der Waals surface area contributed by atoms with E-state index in [1.165, 1.54) is 19.3 Å². The van der Waals surface area contributed by atoms with Gasteiger partial charge in [0.25, 0.3) is 0 Å². The lowest BCUT2D eigenvalue weighted by molar-refractivity contribution is 0.120. The van der Waals surface area contributed by atoms with E-state index in [0.717, 1.165) is 60.6 Å².